The Morgan fingerprint density at radius 3 is 3.00 bits per heavy atom. The summed E-state index contributed by atoms with van der Waals surface area (Å²) in [6, 6.07) is 0. The summed E-state index contributed by atoms with van der Waals surface area (Å²) in [7, 11) is 0. The van der Waals surface area contributed by atoms with Crippen LogP contribution in [0.5, 0.6) is 0 Å². The lowest BCUT2D eigenvalue weighted by atomic mass is 9.93. The van der Waals surface area contributed by atoms with Crippen LogP contribution in [0.4, 0.5) is 0 Å². The topological polar surface area (TPSA) is 46.2 Å². The third kappa shape index (κ3) is 1.79. The Hall–Kier alpha value is -0.860. The quantitative estimate of drug-likeness (QED) is 0.590. The lowest BCUT2D eigenvalue weighted by molar-refractivity contribution is -0.135. The molecule has 1 saturated heterocycles. The van der Waals surface area contributed by atoms with E-state index in [0.29, 0.717) is 6.42 Å². The molecule has 1 atom stereocenters. The molecule has 62 valence electrons. The zero-order valence-corrected chi connectivity index (χ0v) is 6.72. The minimum Gasteiger partial charge on any atom is -0.355 e. The van der Waals surface area contributed by atoms with E-state index in [0.717, 1.165) is 19.4 Å². The highest BCUT2D eigenvalue weighted by atomic mass is 16.2. The number of ketones is 1. The summed E-state index contributed by atoms with van der Waals surface area (Å²) >= 11 is 0. The first-order valence-electron chi connectivity index (χ1n) is 4.06. The van der Waals surface area contributed by atoms with E-state index < -0.39 is 0 Å². The highest BCUT2D eigenvalue weighted by Gasteiger charge is 2.26. The van der Waals surface area contributed by atoms with Gasteiger partial charge in [0.05, 0.1) is 5.92 Å². The molecule has 0 radical (unpaired) electrons. The van der Waals surface area contributed by atoms with Crippen LogP contribution in [0.2, 0.25) is 0 Å². The molecule has 0 bridgehead atoms. The maximum Gasteiger partial charge on any atom is 0.230 e. The highest BCUT2D eigenvalue weighted by molar-refractivity contribution is 6.01. The molecule has 1 heterocycles. The van der Waals surface area contributed by atoms with E-state index in [1.54, 1.807) is 6.92 Å². The molecule has 0 aromatic carbocycles. The third-order valence-corrected chi connectivity index (χ3v) is 2.02. The number of Topliss-reactive ketones (excluding diaryl/α,β-unsaturated/α-hetero) is 1. The molecule has 3 nitrogen and oxygen atoms in total. The predicted molar refractivity (Wildman–Crippen MR) is 41.0 cm³/mol. The van der Waals surface area contributed by atoms with E-state index in [4.69, 9.17) is 0 Å². The van der Waals surface area contributed by atoms with Gasteiger partial charge in [0.25, 0.3) is 0 Å². The summed E-state index contributed by atoms with van der Waals surface area (Å²) in [5.41, 5.74) is 0. The van der Waals surface area contributed by atoms with E-state index in [1.807, 2.05) is 0 Å². The van der Waals surface area contributed by atoms with Gasteiger partial charge >= 0.3 is 0 Å². The molecule has 3 heteroatoms. The van der Waals surface area contributed by atoms with Crippen LogP contribution in [0.15, 0.2) is 0 Å². The fourth-order valence-electron chi connectivity index (χ4n) is 1.33. The van der Waals surface area contributed by atoms with Crippen LogP contribution in [0.25, 0.3) is 0 Å². The molecule has 0 spiro atoms. The molecular weight excluding hydrogens is 142 g/mol. The largest absolute Gasteiger partial charge is 0.355 e. The van der Waals surface area contributed by atoms with Gasteiger partial charge in [-0.3, -0.25) is 9.59 Å². The summed E-state index contributed by atoms with van der Waals surface area (Å²) in [4.78, 5) is 22.2. The molecule has 1 N–H and O–H groups in total. The van der Waals surface area contributed by atoms with E-state index in [-0.39, 0.29) is 17.6 Å². The van der Waals surface area contributed by atoms with Gasteiger partial charge in [-0.1, -0.05) is 6.92 Å². The van der Waals surface area contributed by atoms with Crippen LogP contribution in [-0.4, -0.2) is 18.2 Å². The average molecular weight is 155 g/mol. The summed E-state index contributed by atoms with van der Waals surface area (Å²) in [6.07, 6.45) is 2.14. The second kappa shape index (κ2) is 3.51. The highest BCUT2D eigenvalue weighted by Crippen LogP contribution is 2.13. The van der Waals surface area contributed by atoms with Crippen molar-refractivity contribution in [2.75, 3.05) is 6.54 Å². The van der Waals surface area contributed by atoms with Crippen molar-refractivity contribution in [3.8, 4) is 0 Å². The minimum atomic E-state index is -0.353. The molecule has 1 amide bonds. The fourth-order valence-corrected chi connectivity index (χ4v) is 1.33. The van der Waals surface area contributed by atoms with Crippen molar-refractivity contribution in [3.05, 3.63) is 0 Å². The first-order valence-corrected chi connectivity index (χ1v) is 4.06. The summed E-state index contributed by atoms with van der Waals surface area (Å²) in [5, 5.41) is 2.69. The molecule has 1 unspecified atom stereocenters. The number of carbonyl (C=O) groups is 2. The Balaban J connectivity index is 2.54. The number of amides is 1. The summed E-state index contributed by atoms with van der Waals surface area (Å²) in [6.45, 7) is 2.52. The van der Waals surface area contributed by atoms with Crippen LogP contribution in [-0.2, 0) is 9.59 Å². The van der Waals surface area contributed by atoms with Gasteiger partial charge in [-0.05, 0) is 12.8 Å². The minimum absolute atomic E-state index is 0.0715. The SMILES string of the molecule is CCC(=O)C1CCCNC1=O. The molecular formula is C8H13NO2. The van der Waals surface area contributed by atoms with Gasteiger partial charge in [0.15, 0.2) is 0 Å². The monoisotopic (exact) mass is 155 g/mol. The van der Waals surface area contributed by atoms with Crippen molar-refractivity contribution >= 4 is 11.7 Å². The maximum atomic E-state index is 11.1. The second-order valence-electron chi connectivity index (χ2n) is 2.81. The van der Waals surface area contributed by atoms with Gasteiger partial charge in [-0.15, -0.1) is 0 Å². The fraction of sp³-hybridized carbons (Fsp3) is 0.750. The van der Waals surface area contributed by atoms with Crippen LogP contribution >= 0.6 is 0 Å². The van der Waals surface area contributed by atoms with Gasteiger partial charge < -0.3 is 5.32 Å². The van der Waals surface area contributed by atoms with Crippen molar-refractivity contribution in [2.24, 2.45) is 5.92 Å². The lowest BCUT2D eigenvalue weighted by Crippen LogP contribution is -2.40. The van der Waals surface area contributed by atoms with Gasteiger partial charge in [0.2, 0.25) is 5.91 Å². The number of nitrogens with one attached hydrogen (secondary N) is 1. The second-order valence-corrected chi connectivity index (χ2v) is 2.81. The van der Waals surface area contributed by atoms with E-state index >= 15 is 0 Å². The molecule has 1 aliphatic heterocycles. The Labute approximate surface area is 66.2 Å². The van der Waals surface area contributed by atoms with Gasteiger partial charge in [-0.2, -0.15) is 0 Å². The van der Waals surface area contributed by atoms with E-state index in [2.05, 4.69) is 5.32 Å². The third-order valence-electron chi connectivity index (χ3n) is 2.02. The number of hydrogen-bond acceptors (Lipinski definition) is 2. The molecule has 0 aromatic heterocycles. The molecule has 1 rings (SSSR count). The zero-order valence-electron chi connectivity index (χ0n) is 6.72. The van der Waals surface area contributed by atoms with Crippen molar-refractivity contribution in [1.29, 1.82) is 0 Å². The lowest BCUT2D eigenvalue weighted by Gasteiger charge is -2.19. The van der Waals surface area contributed by atoms with Gasteiger partial charge in [-0.25, -0.2) is 0 Å². The van der Waals surface area contributed by atoms with E-state index in [9.17, 15) is 9.59 Å². The van der Waals surface area contributed by atoms with Gasteiger partial charge in [0.1, 0.15) is 5.78 Å². The van der Waals surface area contributed by atoms with Crippen molar-refractivity contribution < 1.29 is 9.59 Å². The molecule has 0 saturated carbocycles. The first-order chi connectivity index (χ1) is 5.25. The Morgan fingerprint density at radius 2 is 2.45 bits per heavy atom. The molecule has 1 fully saturated rings. The Morgan fingerprint density at radius 1 is 1.73 bits per heavy atom. The normalized spacial score (nSPS) is 24.5. The molecule has 1 aliphatic rings. The Bertz CT molecular complexity index is 169. The molecule has 0 aliphatic carbocycles. The molecule has 11 heavy (non-hydrogen) atoms. The number of piperidine rings is 1. The van der Waals surface area contributed by atoms with Gasteiger partial charge in [0, 0.05) is 13.0 Å². The molecule has 0 aromatic rings. The number of rotatable bonds is 2. The zero-order chi connectivity index (χ0) is 8.27. The van der Waals surface area contributed by atoms with E-state index in [1.165, 1.54) is 0 Å². The number of hydrogen-bond donors (Lipinski definition) is 1. The van der Waals surface area contributed by atoms with Crippen LogP contribution in [0.1, 0.15) is 26.2 Å². The average Bonchev–Trinajstić information content (AvgIpc) is 2.04. The smallest absolute Gasteiger partial charge is 0.230 e. The Kier molecular flexibility index (Phi) is 2.63. The van der Waals surface area contributed by atoms with Crippen LogP contribution in [0.3, 0.4) is 0 Å². The van der Waals surface area contributed by atoms with Crippen molar-refractivity contribution in [2.45, 2.75) is 26.2 Å². The van der Waals surface area contributed by atoms with Crippen LogP contribution in [0, 0.1) is 5.92 Å². The predicted octanol–water partition coefficient (Wildman–Crippen LogP) is 0.492. The van der Waals surface area contributed by atoms with Crippen molar-refractivity contribution in [3.63, 3.8) is 0 Å². The summed E-state index contributed by atoms with van der Waals surface area (Å²) < 4.78 is 0. The van der Waals surface area contributed by atoms with Crippen molar-refractivity contribution in [1.82, 2.24) is 5.32 Å². The van der Waals surface area contributed by atoms with Crippen LogP contribution < -0.4 is 5.32 Å². The summed E-state index contributed by atoms with van der Waals surface area (Å²) in [5.74, 6) is -0.362. The first kappa shape index (κ1) is 8.24. The number of carbonyl (C=O) groups excluding carboxylic acids is 2. The standard InChI is InChI=1S/C8H13NO2/c1-2-7(10)6-4-3-5-9-8(6)11/h6H,2-5H2,1H3,(H,9,11). The maximum absolute atomic E-state index is 11.1.